The third kappa shape index (κ3) is 1.50. The van der Waals surface area contributed by atoms with Gasteiger partial charge in [-0.3, -0.25) is 0 Å². The molecule has 4 heteroatoms. The van der Waals surface area contributed by atoms with Crippen LogP contribution in [0.25, 0.3) is 11.1 Å². The van der Waals surface area contributed by atoms with Gasteiger partial charge in [-0.1, -0.05) is 5.92 Å². The molecule has 1 saturated carbocycles. The number of benzene rings is 1. The van der Waals surface area contributed by atoms with Crippen molar-refractivity contribution in [2.75, 3.05) is 5.32 Å². The van der Waals surface area contributed by atoms with Crippen LogP contribution >= 0.6 is 0 Å². The summed E-state index contributed by atoms with van der Waals surface area (Å²) in [5.41, 5.74) is 1.20. The Kier molecular flexibility index (Phi) is 1.87. The van der Waals surface area contributed by atoms with Crippen molar-refractivity contribution >= 4 is 17.1 Å². The highest BCUT2D eigenvalue weighted by molar-refractivity contribution is 5.76. The fourth-order valence-corrected chi connectivity index (χ4v) is 1.52. The number of fused-ring (bicyclic) bond motifs is 1. The van der Waals surface area contributed by atoms with Crippen molar-refractivity contribution in [2.45, 2.75) is 18.9 Å². The predicted octanol–water partition coefficient (Wildman–Crippen LogP) is 2.52. The molecule has 1 fully saturated rings. The van der Waals surface area contributed by atoms with E-state index in [1.54, 1.807) is 0 Å². The molecule has 3 nitrogen and oxygen atoms in total. The van der Waals surface area contributed by atoms with E-state index in [9.17, 15) is 4.39 Å². The third-order valence-corrected chi connectivity index (χ3v) is 2.54. The number of hydrogen-bond acceptors (Lipinski definition) is 3. The van der Waals surface area contributed by atoms with Crippen LogP contribution in [0.1, 0.15) is 18.4 Å². The van der Waals surface area contributed by atoms with Gasteiger partial charge in [0.25, 0.3) is 6.01 Å². The number of nitrogens with one attached hydrogen (secondary N) is 1. The maximum absolute atomic E-state index is 13.4. The van der Waals surface area contributed by atoms with Crippen LogP contribution in [0.5, 0.6) is 0 Å². The average molecular weight is 216 g/mol. The van der Waals surface area contributed by atoms with E-state index in [0.29, 0.717) is 23.2 Å². The summed E-state index contributed by atoms with van der Waals surface area (Å²) in [5.74, 6) is 1.82. The van der Waals surface area contributed by atoms with Crippen LogP contribution in [0.15, 0.2) is 16.5 Å². The van der Waals surface area contributed by atoms with Crippen LogP contribution in [0.4, 0.5) is 10.4 Å². The van der Waals surface area contributed by atoms with Crippen molar-refractivity contribution in [1.82, 2.24) is 4.98 Å². The molecule has 1 aliphatic rings. The minimum absolute atomic E-state index is 0.207. The lowest BCUT2D eigenvalue weighted by Gasteiger charge is -1.93. The summed E-state index contributed by atoms with van der Waals surface area (Å²) in [4.78, 5) is 4.20. The maximum Gasteiger partial charge on any atom is 0.295 e. The van der Waals surface area contributed by atoms with Crippen LogP contribution in [0, 0.1) is 18.2 Å². The van der Waals surface area contributed by atoms with Crippen LogP contribution in [0.3, 0.4) is 0 Å². The van der Waals surface area contributed by atoms with Crippen molar-refractivity contribution in [3.8, 4) is 12.3 Å². The summed E-state index contributed by atoms with van der Waals surface area (Å²) in [6, 6.07) is 3.68. The maximum atomic E-state index is 13.4. The van der Waals surface area contributed by atoms with Gasteiger partial charge in [0.05, 0.1) is 5.56 Å². The van der Waals surface area contributed by atoms with Crippen molar-refractivity contribution in [3.05, 3.63) is 23.5 Å². The van der Waals surface area contributed by atoms with Gasteiger partial charge in [0.15, 0.2) is 5.58 Å². The van der Waals surface area contributed by atoms with Crippen LogP contribution in [-0.4, -0.2) is 11.0 Å². The molecular weight excluding hydrogens is 207 g/mol. The van der Waals surface area contributed by atoms with Crippen molar-refractivity contribution < 1.29 is 8.81 Å². The van der Waals surface area contributed by atoms with Gasteiger partial charge >= 0.3 is 0 Å². The molecule has 3 rings (SSSR count). The second-order valence-corrected chi connectivity index (χ2v) is 3.88. The first-order chi connectivity index (χ1) is 7.76. The zero-order chi connectivity index (χ0) is 11.1. The second-order valence-electron chi connectivity index (χ2n) is 3.88. The number of nitrogens with zero attached hydrogens (tertiary/aromatic N) is 1. The number of rotatable bonds is 2. The molecule has 0 aliphatic heterocycles. The predicted molar refractivity (Wildman–Crippen MR) is 58.5 cm³/mol. The van der Waals surface area contributed by atoms with Gasteiger partial charge in [0.1, 0.15) is 11.3 Å². The third-order valence-electron chi connectivity index (χ3n) is 2.54. The Labute approximate surface area is 91.7 Å². The standard InChI is InChI=1S/C12H9FN2O/c1-2-7-5-10-11(6-9(7)13)16-12(15-10)14-8-3-4-8/h1,5-6,8H,3-4H2,(H,14,15). The number of aromatic nitrogens is 1. The first kappa shape index (κ1) is 9.22. The fourth-order valence-electron chi connectivity index (χ4n) is 1.52. The molecule has 1 aromatic heterocycles. The monoisotopic (exact) mass is 216 g/mol. The van der Waals surface area contributed by atoms with E-state index in [1.165, 1.54) is 12.1 Å². The first-order valence-electron chi connectivity index (χ1n) is 5.09. The Morgan fingerprint density at radius 2 is 2.31 bits per heavy atom. The fraction of sp³-hybridized carbons (Fsp3) is 0.250. The SMILES string of the molecule is C#Cc1cc2nc(NC3CC3)oc2cc1F. The first-order valence-corrected chi connectivity index (χ1v) is 5.09. The summed E-state index contributed by atoms with van der Waals surface area (Å²) in [7, 11) is 0. The van der Waals surface area contributed by atoms with E-state index in [0.717, 1.165) is 12.8 Å². The number of hydrogen-bond donors (Lipinski definition) is 1. The summed E-state index contributed by atoms with van der Waals surface area (Å²) >= 11 is 0. The molecule has 0 saturated heterocycles. The van der Waals surface area contributed by atoms with Gasteiger partial charge in [-0.05, 0) is 18.9 Å². The summed E-state index contributed by atoms with van der Waals surface area (Å²) in [6.07, 6.45) is 7.43. The lowest BCUT2D eigenvalue weighted by Crippen LogP contribution is -2.00. The number of oxazole rings is 1. The smallest absolute Gasteiger partial charge is 0.295 e. The molecule has 1 N–H and O–H groups in total. The summed E-state index contributed by atoms with van der Waals surface area (Å²) < 4.78 is 18.7. The Morgan fingerprint density at radius 1 is 1.50 bits per heavy atom. The molecule has 0 amide bonds. The average Bonchev–Trinajstić information content (AvgIpc) is 2.97. The van der Waals surface area contributed by atoms with Crippen molar-refractivity contribution in [3.63, 3.8) is 0 Å². The van der Waals surface area contributed by atoms with E-state index in [2.05, 4.69) is 16.2 Å². The zero-order valence-corrected chi connectivity index (χ0v) is 8.46. The molecule has 16 heavy (non-hydrogen) atoms. The molecule has 0 spiro atoms. The largest absolute Gasteiger partial charge is 0.423 e. The van der Waals surface area contributed by atoms with Crippen LogP contribution in [0.2, 0.25) is 0 Å². The van der Waals surface area contributed by atoms with E-state index in [-0.39, 0.29) is 5.56 Å². The molecule has 0 atom stereocenters. The Morgan fingerprint density at radius 3 is 3.00 bits per heavy atom. The normalized spacial score (nSPS) is 15.0. The van der Waals surface area contributed by atoms with Gasteiger partial charge in [0.2, 0.25) is 0 Å². The van der Waals surface area contributed by atoms with Gasteiger partial charge < -0.3 is 9.73 Å². The highest BCUT2D eigenvalue weighted by atomic mass is 19.1. The van der Waals surface area contributed by atoms with Gasteiger partial charge in [-0.15, -0.1) is 6.42 Å². The highest BCUT2D eigenvalue weighted by Crippen LogP contribution is 2.27. The quantitative estimate of drug-likeness (QED) is 0.784. The molecule has 1 aromatic carbocycles. The van der Waals surface area contributed by atoms with Gasteiger partial charge in [-0.2, -0.15) is 4.98 Å². The van der Waals surface area contributed by atoms with Crippen molar-refractivity contribution in [1.29, 1.82) is 0 Å². The Hall–Kier alpha value is -2.02. The molecule has 80 valence electrons. The number of halogens is 1. The lowest BCUT2D eigenvalue weighted by atomic mass is 10.2. The van der Waals surface area contributed by atoms with E-state index < -0.39 is 5.82 Å². The molecule has 0 radical (unpaired) electrons. The molecular formula is C12H9FN2O. The minimum atomic E-state index is -0.455. The Balaban J connectivity index is 2.06. The molecule has 0 unspecified atom stereocenters. The lowest BCUT2D eigenvalue weighted by molar-refractivity contribution is 0.598. The Bertz CT molecular complexity index is 593. The van der Waals surface area contributed by atoms with Gasteiger partial charge in [0, 0.05) is 12.1 Å². The van der Waals surface area contributed by atoms with Crippen LogP contribution < -0.4 is 5.32 Å². The van der Waals surface area contributed by atoms with E-state index >= 15 is 0 Å². The van der Waals surface area contributed by atoms with E-state index in [4.69, 9.17) is 10.8 Å². The van der Waals surface area contributed by atoms with Crippen LogP contribution in [-0.2, 0) is 0 Å². The molecule has 1 heterocycles. The van der Waals surface area contributed by atoms with Crippen molar-refractivity contribution in [2.24, 2.45) is 0 Å². The topological polar surface area (TPSA) is 38.1 Å². The minimum Gasteiger partial charge on any atom is -0.423 e. The molecule has 1 aliphatic carbocycles. The molecule has 2 aromatic rings. The summed E-state index contributed by atoms with van der Waals surface area (Å²) in [6.45, 7) is 0. The second kappa shape index (κ2) is 3.24. The number of anilines is 1. The zero-order valence-electron chi connectivity index (χ0n) is 8.46. The highest BCUT2D eigenvalue weighted by Gasteiger charge is 2.23. The van der Waals surface area contributed by atoms with Gasteiger partial charge in [-0.25, -0.2) is 4.39 Å². The molecule has 0 bridgehead atoms. The summed E-state index contributed by atoms with van der Waals surface area (Å²) in [5, 5.41) is 3.11. The number of terminal acetylenes is 1. The van der Waals surface area contributed by atoms with E-state index in [1.807, 2.05) is 0 Å².